The van der Waals surface area contributed by atoms with E-state index >= 15 is 0 Å². The van der Waals surface area contributed by atoms with Gasteiger partial charge >= 0.3 is 5.97 Å². The van der Waals surface area contributed by atoms with Crippen LogP contribution in [0, 0.1) is 17.8 Å². The molecular formula is C8H16O2. The Morgan fingerprint density at radius 1 is 1.20 bits per heavy atom. The van der Waals surface area contributed by atoms with Crippen molar-refractivity contribution in [1.29, 1.82) is 0 Å². The first-order valence-electron chi connectivity index (χ1n) is 3.69. The van der Waals surface area contributed by atoms with E-state index in [-0.39, 0.29) is 11.8 Å². The van der Waals surface area contributed by atoms with Gasteiger partial charge in [0.2, 0.25) is 0 Å². The van der Waals surface area contributed by atoms with Crippen molar-refractivity contribution in [3.63, 3.8) is 0 Å². The number of carboxylic acids is 1. The van der Waals surface area contributed by atoms with Gasteiger partial charge in [-0.3, -0.25) is 4.79 Å². The minimum absolute atomic E-state index is 0.222. The molecule has 2 atom stereocenters. The second-order valence-corrected chi connectivity index (χ2v) is 3.23. The molecular weight excluding hydrogens is 128 g/mol. The number of aliphatic carboxylic acids is 1. The van der Waals surface area contributed by atoms with Crippen LogP contribution in [0.1, 0.15) is 27.7 Å². The molecule has 0 amide bonds. The Bertz CT molecular complexity index is 118. The highest BCUT2D eigenvalue weighted by atomic mass is 16.4. The number of carboxylic acid groups (broad SMARTS) is 1. The van der Waals surface area contributed by atoms with Crippen LogP contribution >= 0.6 is 0 Å². The van der Waals surface area contributed by atoms with Crippen molar-refractivity contribution in [2.24, 2.45) is 17.8 Å². The van der Waals surface area contributed by atoms with Gasteiger partial charge in [0.05, 0.1) is 5.92 Å². The Labute approximate surface area is 62.2 Å². The van der Waals surface area contributed by atoms with Crippen LogP contribution in [-0.2, 0) is 4.79 Å². The molecule has 0 aromatic rings. The fourth-order valence-electron chi connectivity index (χ4n) is 0.802. The second-order valence-electron chi connectivity index (χ2n) is 3.23. The molecule has 2 heteroatoms. The van der Waals surface area contributed by atoms with E-state index in [0.717, 1.165) is 0 Å². The molecule has 0 aromatic carbocycles. The summed E-state index contributed by atoms with van der Waals surface area (Å²) in [6, 6.07) is 0. The third-order valence-corrected chi connectivity index (χ3v) is 2.23. The smallest absolute Gasteiger partial charge is 0.306 e. The van der Waals surface area contributed by atoms with Gasteiger partial charge < -0.3 is 5.11 Å². The fraction of sp³-hybridized carbons (Fsp3) is 0.875. The van der Waals surface area contributed by atoms with Crippen LogP contribution in [0.2, 0.25) is 0 Å². The van der Waals surface area contributed by atoms with Gasteiger partial charge in [-0.2, -0.15) is 0 Å². The van der Waals surface area contributed by atoms with Crippen LogP contribution in [0.25, 0.3) is 0 Å². The lowest BCUT2D eigenvalue weighted by Crippen LogP contribution is -2.21. The van der Waals surface area contributed by atoms with E-state index < -0.39 is 5.97 Å². The number of carbonyl (C=O) groups is 1. The van der Waals surface area contributed by atoms with E-state index in [4.69, 9.17) is 5.11 Å². The maximum atomic E-state index is 10.4. The summed E-state index contributed by atoms with van der Waals surface area (Å²) in [5.41, 5.74) is 0. The van der Waals surface area contributed by atoms with Gasteiger partial charge in [-0.25, -0.2) is 0 Å². The summed E-state index contributed by atoms with van der Waals surface area (Å²) in [6.45, 7) is 7.82. The third kappa shape index (κ3) is 2.38. The topological polar surface area (TPSA) is 37.3 Å². The van der Waals surface area contributed by atoms with Crippen LogP contribution in [-0.4, -0.2) is 11.1 Å². The summed E-state index contributed by atoms with van der Waals surface area (Å²) in [7, 11) is 0. The lowest BCUT2D eigenvalue weighted by molar-refractivity contribution is -0.143. The molecule has 0 aromatic heterocycles. The normalized spacial score (nSPS) is 16.9. The minimum atomic E-state index is -0.693. The molecule has 0 radical (unpaired) electrons. The van der Waals surface area contributed by atoms with Gasteiger partial charge in [0, 0.05) is 0 Å². The maximum Gasteiger partial charge on any atom is 0.306 e. The maximum absolute atomic E-state index is 10.4. The van der Waals surface area contributed by atoms with E-state index in [1.807, 2.05) is 20.8 Å². The van der Waals surface area contributed by atoms with E-state index in [1.54, 1.807) is 6.92 Å². The molecule has 0 aliphatic rings. The monoisotopic (exact) mass is 144 g/mol. The summed E-state index contributed by atoms with van der Waals surface area (Å²) in [5, 5.41) is 8.60. The van der Waals surface area contributed by atoms with Crippen molar-refractivity contribution in [2.75, 3.05) is 0 Å². The molecule has 60 valence electrons. The van der Waals surface area contributed by atoms with Crippen LogP contribution in [0.15, 0.2) is 0 Å². The van der Waals surface area contributed by atoms with Crippen LogP contribution in [0.3, 0.4) is 0 Å². The van der Waals surface area contributed by atoms with Crippen LogP contribution in [0.4, 0.5) is 0 Å². The first-order chi connectivity index (χ1) is 4.46. The lowest BCUT2D eigenvalue weighted by Gasteiger charge is -2.19. The molecule has 1 N–H and O–H groups in total. The van der Waals surface area contributed by atoms with E-state index in [9.17, 15) is 4.79 Å². The van der Waals surface area contributed by atoms with Gasteiger partial charge in [-0.1, -0.05) is 27.7 Å². The lowest BCUT2D eigenvalue weighted by atomic mass is 9.86. The predicted octanol–water partition coefficient (Wildman–Crippen LogP) is 2.00. The molecule has 0 aliphatic carbocycles. The zero-order valence-electron chi connectivity index (χ0n) is 7.09. The van der Waals surface area contributed by atoms with Crippen LogP contribution in [0.5, 0.6) is 0 Å². The molecule has 0 rings (SSSR count). The molecule has 0 spiro atoms. The first-order valence-corrected chi connectivity index (χ1v) is 3.69. The van der Waals surface area contributed by atoms with E-state index in [0.29, 0.717) is 5.92 Å². The number of hydrogen-bond acceptors (Lipinski definition) is 1. The average molecular weight is 144 g/mol. The standard InChI is InChI=1S/C8H16O2/c1-5(2)6(3)7(4)8(9)10/h5-7H,1-4H3,(H,9,10)/t6-,7+/m0/s1. The predicted molar refractivity (Wildman–Crippen MR) is 40.8 cm³/mol. The van der Waals surface area contributed by atoms with Crippen molar-refractivity contribution < 1.29 is 9.90 Å². The zero-order chi connectivity index (χ0) is 8.31. The molecule has 0 aliphatic heterocycles. The Morgan fingerprint density at radius 2 is 1.60 bits per heavy atom. The molecule has 0 saturated carbocycles. The van der Waals surface area contributed by atoms with Crippen molar-refractivity contribution in [3.8, 4) is 0 Å². The summed E-state index contributed by atoms with van der Waals surface area (Å²) in [6.07, 6.45) is 0. The van der Waals surface area contributed by atoms with E-state index in [1.165, 1.54) is 0 Å². The van der Waals surface area contributed by atoms with Gasteiger partial charge in [-0.05, 0) is 11.8 Å². The Kier molecular flexibility index (Phi) is 3.40. The highest BCUT2D eigenvalue weighted by Crippen LogP contribution is 2.19. The SMILES string of the molecule is CC(C)[C@H](C)[C@@H](C)C(=O)O. The van der Waals surface area contributed by atoms with E-state index in [2.05, 4.69) is 0 Å². The minimum Gasteiger partial charge on any atom is -0.481 e. The molecule has 0 unspecified atom stereocenters. The van der Waals surface area contributed by atoms with Crippen molar-refractivity contribution in [2.45, 2.75) is 27.7 Å². The van der Waals surface area contributed by atoms with Gasteiger partial charge in [-0.15, -0.1) is 0 Å². The van der Waals surface area contributed by atoms with Crippen LogP contribution < -0.4 is 0 Å². The summed E-state index contributed by atoms with van der Waals surface area (Å²) < 4.78 is 0. The average Bonchev–Trinajstić information content (AvgIpc) is 1.84. The zero-order valence-corrected chi connectivity index (χ0v) is 7.09. The molecule has 0 heterocycles. The molecule has 0 saturated heterocycles. The second kappa shape index (κ2) is 3.59. The highest BCUT2D eigenvalue weighted by Gasteiger charge is 2.21. The summed E-state index contributed by atoms with van der Waals surface area (Å²) in [4.78, 5) is 10.4. The van der Waals surface area contributed by atoms with Gasteiger partial charge in [0.25, 0.3) is 0 Å². The largest absolute Gasteiger partial charge is 0.481 e. The summed E-state index contributed by atoms with van der Waals surface area (Å²) in [5.74, 6) is -0.204. The van der Waals surface area contributed by atoms with Crippen molar-refractivity contribution >= 4 is 5.97 Å². The Morgan fingerprint density at radius 3 is 1.70 bits per heavy atom. The Hall–Kier alpha value is -0.530. The van der Waals surface area contributed by atoms with Crippen molar-refractivity contribution in [1.82, 2.24) is 0 Å². The quantitative estimate of drug-likeness (QED) is 0.657. The summed E-state index contributed by atoms with van der Waals surface area (Å²) >= 11 is 0. The highest BCUT2D eigenvalue weighted by molar-refractivity contribution is 5.69. The Balaban J connectivity index is 3.94. The molecule has 2 nitrogen and oxygen atoms in total. The fourth-order valence-corrected chi connectivity index (χ4v) is 0.802. The first kappa shape index (κ1) is 9.47. The molecule has 0 bridgehead atoms. The molecule has 10 heavy (non-hydrogen) atoms. The van der Waals surface area contributed by atoms with Crippen molar-refractivity contribution in [3.05, 3.63) is 0 Å². The third-order valence-electron chi connectivity index (χ3n) is 2.23. The van der Waals surface area contributed by atoms with Gasteiger partial charge in [0.1, 0.15) is 0 Å². The number of hydrogen-bond donors (Lipinski definition) is 1. The van der Waals surface area contributed by atoms with Gasteiger partial charge in [0.15, 0.2) is 0 Å². The number of rotatable bonds is 3. The molecule has 0 fully saturated rings.